The molecule has 1 aliphatic carbocycles. The molecule has 0 amide bonds. The van der Waals surface area contributed by atoms with Crippen molar-refractivity contribution >= 4 is 22.1 Å². The molecule has 0 saturated heterocycles. The molecule has 0 fully saturated rings. The first-order chi connectivity index (χ1) is 12.6. The van der Waals surface area contributed by atoms with Gasteiger partial charge in [-0.1, -0.05) is 80.6 Å². The number of anilines is 2. The van der Waals surface area contributed by atoms with E-state index in [1.807, 2.05) is 0 Å². The lowest BCUT2D eigenvalue weighted by Crippen LogP contribution is -2.15. The third kappa shape index (κ3) is 3.34. The first-order valence-corrected chi connectivity index (χ1v) is 9.05. The molecule has 0 bridgehead atoms. The molecule has 26 heavy (non-hydrogen) atoms. The minimum absolute atomic E-state index is 0.0595. The van der Waals surface area contributed by atoms with Crippen molar-refractivity contribution < 1.29 is 0 Å². The summed E-state index contributed by atoms with van der Waals surface area (Å²) in [5.41, 5.74) is 3.54. The fourth-order valence-corrected chi connectivity index (χ4v) is 3.30. The highest BCUT2D eigenvalue weighted by molar-refractivity contribution is 5.87. The van der Waals surface area contributed by atoms with E-state index in [0.717, 1.165) is 11.4 Å². The van der Waals surface area contributed by atoms with E-state index in [9.17, 15) is 0 Å². The Morgan fingerprint density at radius 1 is 0.692 bits per heavy atom. The highest BCUT2D eigenvalue weighted by atomic mass is 15.1. The summed E-state index contributed by atoms with van der Waals surface area (Å²) >= 11 is 0. The minimum Gasteiger partial charge on any atom is -0.310 e. The number of hydrogen-bond acceptors (Lipinski definition) is 1. The SMILES string of the molecule is CC1(C)C=CC=C(N(c2ccccc2)c2ccc3ccccc3c2)C=C1. The monoisotopic (exact) mass is 337 g/mol. The van der Waals surface area contributed by atoms with E-state index in [1.54, 1.807) is 0 Å². The molecule has 0 radical (unpaired) electrons. The fourth-order valence-electron chi connectivity index (χ4n) is 3.30. The summed E-state index contributed by atoms with van der Waals surface area (Å²) in [6.45, 7) is 4.44. The van der Waals surface area contributed by atoms with E-state index in [0.29, 0.717) is 0 Å². The van der Waals surface area contributed by atoms with Gasteiger partial charge in [-0.3, -0.25) is 0 Å². The molecule has 1 aliphatic rings. The fraction of sp³-hybridized carbons (Fsp3) is 0.120. The van der Waals surface area contributed by atoms with E-state index in [1.165, 1.54) is 16.5 Å². The lowest BCUT2D eigenvalue weighted by Gasteiger charge is -2.26. The first kappa shape index (κ1) is 16.4. The van der Waals surface area contributed by atoms with Crippen molar-refractivity contribution in [2.45, 2.75) is 13.8 Å². The van der Waals surface area contributed by atoms with Crippen molar-refractivity contribution in [2.24, 2.45) is 5.41 Å². The highest BCUT2D eigenvalue weighted by Crippen LogP contribution is 2.34. The van der Waals surface area contributed by atoms with Crippen molar-refractivity contribution in [3.05, 3.63) is 109 Å². The van der Waals surface area contributed by atoms with Crippen molar-refractivity contribution in [3.63, 3.8) is 0 Å². The molecule has 0 unspecified atom stereocenters. The highest BCUT2D eigenvalue weighted by Gasteiger charge is 2.16. The Bertz CT molecular complexity index is 1010. The predicted octanol–water partition coefficient (Wildman–Crippen LogP) is 7.01. The Labute approximate surface area is 155 Å². The van der Waals surface area contributed by atoms with Gasteiger partial charge >= 0.3 is 0 Å². The maximum absolute atomic E-state index is 2.31. The molecule has 128 valence electrons. The molecule has 3 aromatic rings. The Kier molecular flexibility index (Phi) is 4.22. The zero-order valence-corrected chi connectivity index (χ0v) is 15.3. The quantitative estimate of drug-likeness (QED) is 0.496. The second kappa shape index (κ2) is 6.68. The van der Waals surface area contributed by atoms with Gasteiger partial charge in [0.2, 0.25) is 0 Å². The van der Waals surface area contributed by atoms with E-state index in [2.05, 4.69) is 122 Å². The number of rotatable bonds is 3. The van der Waals surface area contributed by atoms with Gasteiger partial charge in [0.05, 0.1) is 0 Å². The van der Waals surface area contributed by atoms with Gasteiger partial charge in [-0.2, -0.15) is 0 Å². The van der Waals surface area contributed by atoms with Gasteiger partial charge in [-0.05, 0) is 47.2 Å². The molecule has 4 rings (SSSR count). The molecule has 0 aromatic heterocycles. The van der Waals surface area contributed by atoms with Crippen molar-refractivity contribution in [2.75, 3.05) is 4.90 Å². The van der Waals surface area contributed by atoms with Gasteiger partial charge in [-0.25, -0.2) is 0 Å². The van der Waals surface area contributed by atoms with Crippen molar-refractivity contribution in [1.82, 2.24) is 0 Å². The van der Waals surface area contributed by atoms with E-state index >= 15 is 0 Å². The van der Waals surface area contributed by atoms with Crippen LogP contribution in [0.5, 0.6) is 0 Å². The van der Waals surface area contributed by atoms with Gasteiger partial charge in [0.25, 0.3) is 0 Å². The summed E-state index contributed by atoms with van der Waals surface area (Å²) in [6.07, 6.45) is 11.1. The van der Waals surface area contributed by atoms with Crippen molar-refractivity contribution in [1.29, 1.82) is 0 Å². The minimum atomic E-state index is 0.0595. The average Bonchev–Trinajstić information content (AvgIpc) is 2.84. The number of benzene rings is 3. The number of fused-ring (bicyclic) bond motifs is 1. The Morgan fingerprint density at radius 3 is 2.23 bits per heavy atom. The summed E-state index contributed by atoms with van der Waals surface area (Å²) < 4.78 is 0. The molecule has 0 spiro atoms. The smallest absolute Gasteiger partial charge is 0.0468 e. The van der Waals surface area contributed by atoms with Gasteiger partial charge < -0.3 is 4.90 Å². The normalized spacial score (nSPS) is 15.5. The molecule has 0 N–H and O–H groups in total. The third-order valence-corrected chi connectivity index (χ3v) is 4.74. The molecule has 0 atom stereocenters. The average molecular weight is 337 g/mol. The van der Waals surface area contributed by atoms with E-state index < -0.39 is 0 Å². The number of nitrogens with zero attached hydrogens (tertiary/aromatic N) is 1. The van der Waals surface area contributed by atoms with Gasteiger partial charge in [0.15, 0.2) is 0 Å². The Hall–Kier alpha value is -3.06. The molecule has 0 heterocycles. The van der Waals surface area contributed by atoms with Crippen LogP contribution in [-0.2, 0) is 0 Å². The maximum Gasteiger partial charge on any atom is 0.0468 e. The van der Waals surface area contributed by atoms with Crippen LogP contribution in [0.15, 0.2) is 109 Å². The Balaban J connectivity index is 1.86. The summed E-state index contributed by atoms with van der Waals surface area (Å²) in [6, 6.07) is 25.7. The predicted molar refractivity (Wildman–Crippen MR) is 113 cm³/mol. The van der Waals surface area contributed by atoms with Crippen LogP contribution in [0.1, 0.15) is 13.8 Å². The summed E-state index contributed by atoms with van der Waals surface area (Å²) in [5, 5.41) is 2.51. The van der Waals surface area contributed by atoms with Crippen LogP contribution in [-0.4, -0.2) is 0 Å². The molecule has 1 nitrogen and oxygen atoms in total. The molecule has 3 aromatic carbocycles. The lowest BCUT2D eigenvalue weighted by atomic mass is 9.93. The Morgan fingerprint density at radius 2 is 1.42 bits per heavy atom. The largest absolute Gasteiger partial charge is 0.310 e. The van der Waals surface area contributed by atoms with Crippen molar-refractivity contribution in [3.8, 4) is 0 Å². The van der Waals surface area contributed by atoms with Crippen LogP contribution >= 0.6 is 0 Å². The number of allylic oxidation sites excluding steroid dienone is 5. The zero-order chi connectivity index (χ0) is 18.0. The van der Waals surface area contributed by atoms with Crippen LogP contribution in [0.4, 0.5) is 11.4 Å². The van der Waals surface area contributed by atoms with Crippen LogP contribution in [0.3, 0.4) is 0 Å². The van der Waals surface area contributed by atoms with Gasteiger partial charge in [0, 0.05) is 22.5 Å². The van der Waals surface area contributed by atoms with Gasteiger partial charge in [0.1, 0.15) is 0 Å². The second-order valence-electron chi connectivity index (χ2n) is 7.31. The molecule has 0 saturated carbocycles. The topological polar surface area (TPSA) is 3.24 Å². The second-order valence-corrected chi connectivity index (χ2v) is 7.31. The number of hydrogen-bond donors (Lipinski definition) is 0. The number of para-hydroxylation sites is 1. The van der Waals surface area contributed by atoms with E-state index in [-0.39, 0.29) is 5.41 Å². The molecular formula is C25H23N. The first-order valence-electron chi connectivity index (χ1n) is 9.05. The maximum atomic E-state index is 2.31. The summed E-state index contributed by atoms with van der Waals surface area (Å²) in [5.74, 6) is 0. The van der Waals surface area contributed by atoms with Crippen LogP contribution in [0.2, 0.25) is 0 Å². The standard InChI is InChI=1S/C25H23N/c1-25(2)17-8-13-23(16-18-25)26(22-11-4-3-5-12-22)24-15-14-20-9-6-7-10-21(20)19-24/h3-19H,1-2H3. The summed E-state index contributed by atoms with van der Waals surface area (Å²) in [7, 11) is 0. The van der Waals surface area contributed by atoms with E-state index in [4.69, 9.17) is 0 Å². The molecular weight excluding hydrogens is 314 g/mol. The zero-order valence-electron chi connectivity index (χ0n) is 15.3. The third-order valence-electron chi connectivity index (χ3n) is 4.74. The van der Waals surface area contributed by atoms with Crippen LogP contribution in [0, 0.1) is 5.41 Å². The summed E-state index contributed by atoms with van der Waals surface area (Å²) in [4.78, 5) is 2.31. The van der Waals surface area contributed by atoms with Crippen LogP contribution in [0.25, 0.3) is 10.8 Å². The molecule has 0 aliphatic heterocycles. The van der Waals surface area contributed by atoms with Crippen LogP contribution < -0.4 is 4.90 Å². The lowest BCUT2D eigenvalue weighted by molar-refractivity contribution is 0.627. The van der Waals surface area contributed by atoms with Gasteiger partial charge in [-0.15, -0.1) is 0 Å². The molecule has 1 heteroatoms.